The maximum atomic E-state index is 12.7. The van der Waals surface area contributed by atoms with Gasteiger partial charge in [0.25, 0.3) is 0 Å². The molecule has 0 aromatic rings. The molecule has 19 heavy (non-hydrogen) atoms. The van der Waals surface area contributed by atoms with E-state index in [1.807, 2.05) is 20.8 Å². The van der Waals surface area contributed by atoms with Gasteiger partial charge in [-0.05, 0) is 23.2 Å². The zero-order valence-electron chi connectivity index (χ0n) is 14.4. The van der Waals surface area contributed by atoms with Crippen LogP contribution in [0.1, 0.15) is 68.7 Å². The number of hydrogen-bond acceptors (Lipinski definition) is 1. The Morgan fingerprint density at radius 2 is 1.37 bits per heavy atom. The highest BCUT2D eigenvalue weighted by Crippen LogP contribution is 2.43. The first-order chi connectivity index (χ1) is 8.24. The molecule has 1 fully saturated rings. The van der Waals surface area contributed by atoms with E-state index in [-0.39, 0.29) is 16.2 Å². The normalized spacial score (nSPS) is 25.8. The van der Waals surface area contributed by atoms with Gasteiger partial charge in [-0.15, -0.1) is 0 Å². The molecular weight excluding hydrogens is 234 g/mol. The van der Waals surface area contributed by atoms with Gasteiger partial charge in [-0.25, -0.2) is 0 Å². The molecule has 1 heterocycles. The van der Waals surface area contributed by atoms with Crippen LogP contribution in [0.4, 0.5) is 0 Å². The highest BCUT2D eigenvalue weighted by molar-refractivity contribution is 5.82. The molecule has 0 bridgehead atoms. The molecule has 0 saturated carbocycles. The molecule has 2 atom stereocenters. The van der Waals surface area contributed by atoms with Crippen molar-refractivity contribution < 1.29 is 4.79 Å². The van der Waals surface area contributed by atoms with Gasteiger partial charge in [0.15, 0.2) is 0 Å². The van der Waals surface area contributed by atoms with Gasteiger partial charge in [0, 0.05) is 18.0 Å². The highest BCUT2D eigenvalue weighted by atomic mass is 16.2. The summed E-state index contributed by atoms with van der Waals surface area (Å²) in [5, 5.41) is 0. The summed E-state index contributed by atoms with van der Waals surface area (Å²) in [7, 11) is 0. The number of nitrogens with zero attached hydrogens (tertiary/aromatic N) is 1. The highest BCUT2D eigenvalue weighted by Gasteiger charge is 2.46. The molecule has 0 spiro atoms. The van der Waals surface area contributed by atoms with Crippen LogP contribution < -0.4 is 0 Å². The summed E-state index contributed by atoms with van der Waals surface area (Å²) in [5.41, 5.74) is 0.146. The third-order valence-electron chi connectivity index (χ3n) is 4.43. The van der Waals surface area contributed by atoms with Gasteiger partial charge < -0.3 is 4.90 Å². The van der Waals surface area contributed by atoms with E-state index in [1.54, 1.807) is 0 Å². The fourth-order valence-corrected chi connectivity index (χ4v) is 2.94. The molecule has 112 valence electrons. The van der Waals surface area contributed by atoms with Crippen LogP contribution in [0, 0.1) is 22.2 Å². The van der Waals surface area contributed by atoms with Crippen LogP contribution in [0.5, 0.6) is 0 Å². The molecule has 0 aliphatic carbocycles. The van der Waals surface area contributed by atoms with Crippen molar-refractivity contribution in [2.45, 2.75) is 74.8 Å². The van der Waals surface area contributed by atoms with Crippen molar-refractivity contribution in [1.29, 1.82) is 0 Å². The molecule has 0 aromatic carbocycles. The van der Waals surface area contributed by atoms with E-state index in [4.69, 9.17) is 0 Å². The second-order valence-electron chi connectivity index (χ2n) is 9.39. The number of hydrogen-bond donors (Lipinski definition) is 0. The average molecular weight is 267 g/mol. The first kappa shape index (κ1) is 16.5. The number of amides is 1. The van der Waals surface area contributed by atoms with Crippen LogP contribution in [0.2, 0.25) is 0 Å². The van der Waals surface area contributed by atoms with Crippen LogP contribution in [0.25, 0.3) is 0 Å². The molecule has 0 unspecified atom stereocenters. The minimum absolute atomic E-state index is 0.154. The van der Waals surface area contributed by atoms with Gasteiger partial charge >= 0.3 is 0 Å². The summed E-state index contributed by atoms with van der Waals surface area (Å²) < 4.78 is 0. The largest absolute Gasteiger partial charge is 0.338 e. The lowest BCUT2D eigenvalue weighted by Crippen LogP contribution is -2.47. The number of carbonyl (C=O) groups excluding carboxylic acids is 1. The Labute approximate surface area is 119 Å². The van der Waals surface area contributed by atoms with Crippen LogP contribution >= 0.6 is 0 Å². The number of likely N-dealkylation sites (tertiary alicyclic amines) is 1. The first-order valence-corrected chi connectivity index (χ1v) is 7.55. The monoisotopic (exact) mass is 267 g/mol. The zero-order chi connectivity index (χ0) is 15.2. The summed E-state index contributed by atoms with van der Waals surface area (Å²) in [6.45, 7) is 20.6. The molecule has 1 aliphatic heterocycles. The lowest BCUT2D eigenvalue weighted by atomic mass is 9.76. The van der Waals surface area contributed by atoms with Crippen LogP contribution in [0.15, 0.2) is 0 Å². The molecule has 0 aromatic heterocycles. The zero-order valence-corrected chi connectivity index (χ0v) is 14.4. The number of carbonyl (C=O) groups is 1. The smallest absolute Gasteiger partial charge is 0.228 e. The van der Waals surface area contributed by atoms with E-state index in [1.165, 1.54) is 0 Å². The van der Waals surface area contributed by atoms with Crippen molar-refractivity contribution in [2.75, 3.05) is 6.54 Å². The quantitative estimate of drug-likeness (QED) is 0.639. The molecule has 1 saturated heterocycles. The van der Waals surface area contributed by atoms with E-state index >= 15 is 0 Å². The van der Waals surface area contributed by atoms with E-state index in [0.29, 0.717) is 17.9 Å². The maximum absolute atomic E-state index is 12.7. The third kappa shape index (κ3) is 3.73. The molecule has 1 rings (SSSR count). The molecule has 2 heteroatoms. The van der Waals surface area contributed by atoms with Crippen molar-refractivity contribution >= 4 is 5.91 Å². The van der Waals surface area contributed by atoms with Gasteiger partial charge in [-0.2, -0.15) is 0 Å². The standard InChI is InChI=1S/C17H33NO/c1-15(2,3)12-10-13(16(4,5)6)18(11-12)14(19)17(7,8)9/h12-13H,10-11H2,1-9H3/t12-,13+/m1/s1. The van der Waals surface area contributed by atoms with E-state index in [0.717, 1.165) is 13.0 Å². The first-order valence-electron chi connectivity index (χ1n) is 7.55. The van der Waals surface area contributed by atoms with Gasteiger partial charge in [0.2, 0.25) is 5.91 Å². The minimum Gasteiger partial charge on any atom is -0.338 e. The molecule has 2 nitrogen and oxygen atoms in total. The molecular formula is C17H33NO. The van der Waals surface area contributed by atoms with E-state index in [2.05, 4.69) is 46.4 Å². The van der Waals surface area contributed by atoms with Crippen LogP contribution in [-0.4, -0.2) is 23.4 Å². The van der Waals surface area contributed by atoms with Gasteiger partial charge in [-0.3, -0.25) is 4.79 Å². The van der Waals surface area contributed by atoms with Crippen molar-refractivity contribution in [3.63, 3.8) is 0 Å². The SMILES string of the molecule is CC(C)(C)C(=O)N1C[C@H](C(C)(C)C)C[C@H]1C(C)(C)C. The van der Waals surface area contributed by atoms with E-state index in [9.17, 15) is 4.79 Å². The average Bonchev–Trinajstić information content (AvgIpc) is 2.57. The second-order valence-corrected chi connectivity index (χ2v) is 9.39. The summed E-state index contributed by atoms with van der Waals surface area (Å²) in [4.78, 5) is 14.9. The summed E-state index contributed by atoms with van der Waals surface area (Å²) >= 11 is 0. The lowest BCUT2D eigenvalue weighted by molar-refractivity contribution is -0.142. The minimum atomic E-state index is -0.281. The van der Waals surface area contributed by atoms with Crippen molar-refractivity contribution in [3.8, 4) is 0 Å². The Balaban J connectivity index is 3.04. The summed E-state index contributed by atoms with van der Waals surface area (Å²) in [6.07, 6.45) is 1.13. The van der Waals surface area contributed by atoms with Crippen LogP contribution in [0.3, 0.4) is 0 Å². The fraction of sp³-hybridized carbons (Fsp3) is 0.941. The molecule has 1 aliphatic rings. The van der Waals surface area contributed by atoms with Gasteiger partial charge in [0.1, 0.15) is 0 Å². The molecule has 0 N–H and O–H groups in total. The van der Waals surface area contributed by atoms with E-state index < -0.39 is 0 Å². The topological polar surface area (TPSA) is 20.3 Å². The van der Waals surface area contributed by atoms with Gasteiger partial charge in [-0.1, -0.05) is 62.3 Å². The van der Waals surface area contributed by atoms with Crippen molar-refractivity contribution in [1.82, 2.24) is 4.90 Å². The Morgan fingerprint density at radius 1 is 0.895 bits per heavy atom. The Kier molecular flexibility index (Phi) is 4.16. The summed E-state index contributed by atoms with van der Waals surface area (Å²) in [5.74, 6) is 0.905. The molecule has 1 amide bonds. The van der Waals surface area contributed by atoms with Crippen molar-refractivity contribution in [2.24, 2.45) is 22.2 Å². The maximum Gasteiger partial charge on any atom is 0.228 e. The van der Waals surface area contributed by atoms with Crippen molar-refractivity contribution in [3.05, 3.63) is 0 Å². The Bertz CT molecular complexity index is 338. The molecule has 0 radical (unpaired) electrons. The predicted octanol–water partition coefficient (Wildman–Crippen LogP) is 4.34. The van der Waals surface area contributed by atoms with Crippen LogP contribution in [-0.2, 0) is 4.79 Å². The summed E-state index contributed by atoms with van der Waals surface area (Å²) in [6, 6.07) is 0.364. The van der Waals surface area contributed by atoms with Gasteiger partial charge in [0.05, 0.1) is 0 Å². The lowest BCUT2D eigenvalue weighted by Gasteiger charge is -2.38. The third-order valence-corrected chi connectivity index (χ3v) is 4.43. The number of rotatable bonds is 0. The Hall–Kier alpha value is -0.530. The fourth-order valence-electron chi connectivity index (χ4n) is 2.94. The predicted molar refractivity (Wildman–Crippen MR) is 82.0 cm³/mol. The Morgan fingerprint density at radius 3 is 1.68 bits per heavy atom. The second kappa shape index (κ2) is 4.79.